The smallest absolute Gasteiger partial charge is 0.214 e. The van der Waals surface area contributed by atoms with Crippen molar-refractivity contribution in [2.24, 2.45) is 4.99 Å². The maximum absolute atomic E-state index is 5.58. The molecule has 144 valence electrons. The number of aromatic nitrogens is 1. The molecule has 26 heavy (non-hydrogen) atoms. The van der Waals surface area contributed by atoms with E-state index in [1.165, 1.54) is 0 Å². The maximum atomic E-state index is 5.58. The number of ether oxygens (including phenoxy) is 2. The predicted molar refractivity (Wildman–Crippen MR) is 113 cm³/mol. The molecular formula is C18H27IN4O3. The summed E-state index contributed by atoms with van der Waals surface area (Å²) in [6.07, 6.45) is 0. The van der Waals surface area contributed by atoms with Crippen molar-refractivity contribution in [2.45, 2.75) is 33.9 Å². The summed E-state index contributed by atoms with van der Waals surface area (Å²) in [4.78, 5) is 8.96. The van der Waals surface area contributed by atoms with Gasteiger partial charge < -0.3 is 24.5 Å². The van der Waals surface area contributed by atoms with E-state index in [4.69, 9.17) is 13.9 Å². The number of methoxy groups -OCH3 is 2. The van der Waals surface area contributed by atoms with E-state index in [-0.39, 0.29) is 24.0 Å². The Bertz CT molecular complexity index is 712. The number of nitrogens with one attached hydrogen (secondary N) is 2. The molecule has 0 atom stereocenters. The molecular weight excluding hydrogens is 447 g/mol. The van der Waals surface area contributed by atoms with Crippen molar-refractivity contribution in [1.29, 1.82) is 0 Å². The summed E-state index contributed by atoms with van der Waals surface area (Å²) in [5.74, 6) is 3.67. The zero-order chi connectivity index (χ0) is 18.2. The molecule has 0 aliphatic heterocycles. The first-order valence-electron chi connectivity index (χ1n) is 8.23. The maximum Gasteiger partial charge on any atom is 0.214 e. The Morgan fingerprint density at radius 3 is 2.54 bits per heavy atom. The Balaban J connectivity index is 0.00000338. The zero-order valence-electron chi connectivity index (χ0n) is 15.9. The highest BCUT2D eigenvalue weighted by atomic mass is 127. The van der Waals surface area contributed by atoms with E-state index in [0.29, 0.717) is 24.9 Å². The second-order valence-corrected chi connectivity index (χ2v) is 5.48. The Morgan fingerprint density at radius 1 is 1.19 bits per heavy atom. The fourth-order valence-corrected chi connectivity index (χ4v) is 2.26. The van der Waals surface area contributed by atoms with Crippen molar-refractivity contribution in [2.75, 3.05) is 20.8 Å². The first-order valence-corrected chi connectivity index (χ1v) is 8.23. The predicted octanol–water partition coefficient (Wildman–Crippen LogP) is 3.18. The number of hydrogen-bond acceptors (Lipinski definition) is 5. The third-order valence-corrected chi connectivity index (χ3v) is 3.73. The van der Waals surface area contributed by atoms with E-state index >= 15 is 0 Å². The third-order valence-electron chi connectivity index (χ3n) is 3.73. The van der Waals surface area contributed by atoms with Gasteiger partial charge in [0.1, 0.15) is 17.3 Å². The van der Waals surface area contributed by atoms with Crippen LogP contribution in [-0.4, -0.2) is 31.7 Å². The lowest BCUT2D eigenvalue weighted by atomic mass is 10.2. The van der Waals surface area contributed by atoms with Crippen LogP contribution < -0.4 is 20.1 Å². The normalized spacial score (nSPS) is 10.9. The number of benzene rings is 1. The van der Waals surface area contributed by atoms with Gasteiger partial charge in [0, 0.05) is 18.2 Å². The van der Waals surface area contributed by atoms with Crippen molar-refractivity contribution in [1.82, 2.24) is 15.6 Å². The molecule has 0 fully saturated rings. The molecule has 0 saturated carbocycles. The number of hydrogen-bond donors (Lipinski definition) is 2. The average molecular weight is 474 g/mol. The molecule has 0 aliphatic rings. The van der Waals surface area contributed by atoms with Gasteiger partial charge in [-0.2, -0.15) is 0 Å². The van der Waals surface area contributed by atoms with Gasteiger partial charge in [-0.1, -0.05) is 0 Å². The van der Waals surface area contributed by atoms with E-state index in [0.717, 1.165) is 35.1 Å². The molecule has 1 aromatic heterocycles. The van der Waals surface area contributed by atoms with Crippen LogP contribution in [0.1, 0.15) is 29.8 Å². The Morgan fingerprint density at radius 2 is 1.96 bits per heavy atom. The molecule has 1 heterocycles. The van der Waals surface area contributed by atoms with Crippen LogP contribution in [0.25, 0.3) is 0 Å². The first-order chi connectivity index (χ1) is 12.1. The van der Waals surface area contributed by atoms with Gasteiger partial charge in [0.2, 0.25) is 5.89 Å². The van der Waals surface area contributed by atoms with Gasteiger partial charge >= 0.3 is 0 Å². The van der Waals surface area contributed by atoms with E-state index in [1.54, 1.807) is 14.2 Å². The minimum absolute atomic E-state index is 0. The SMILES string of the molecule is CCNC(=NCc1ccc(OC)cc1OC)NCc1nc(C)c(C)o1.I. The first kappa shape index (κ1) is 22.1. The third kappa shape index (κ3) is 6.08. The number of nitrogens with zero attached hydrogens (tertiary/aromatic N) is 2. The van der Waals surface area contributed by atoms with Crippen LogP contribution in [0.15, 0.2) is 27.6 Å². The molecule has 8 heteroatoms. The van der Waals surface area contributed by atoms with E-state index in [2.05, 4.69) is 20.6 Å². The van der Waals surface area contributed by atoms with Crippen molar-refractivity contribution in [3.05, 3.63) is 41.1 Å². The lowest BCUT2D eigenvalue weighted by Crippen LogP contribution is -2.36. The standard InChI is InChI=1S/C18H26N4O3.HI/c1-6-19-18(21-11-17-22-12(2)13(3)25-17)20-10-14-7-8-15(23-4)9-16(14)24-5;/h7-9H,6,10-11H2,1-5H3,(H2,19,20,21);1H. The Labute approximate surface area is 171 Å². The zero-order valence-corrected chi connectivity index (χ0v) is 18.2. The molecule has 0 radical (unpaired) electrons. The minimum atomic E-state index is 0. The van der Waals surface area contributed by atoms with Crippen molar-refractivity contribution < 1.29 is 13.9 Å². The van der Waals surface area contributed by atoms with Crippen molar-refractivity contribution in [3.63, 3.8) is 0 Å². The van der Waals surface area contributed by atoms with Crippen LogP contribution in [0.4, 0.5) is 0 Å². The number of guanidine groups is 1. The molecule has 0 unspecified atom stereocenters. The summed E-state index contributed by atoms with van der Waals surface area (Å²) in [7, 11) is 3.27. The quantitative estimate of drug-likeness (QED) is 0.365. The highest BCUT2D eigenvalue weighted by Crippen LogP contribution is 2.25. The number of oxazole rings is 1. The fourth-order valence-electron chi connectivity index (χ4n) is 2.26. The molecule has 2 aromatic rings. The summed E-state index contributed by atoms with van der Waals surface area (Å²) in [5, 5.41) is 6.43. The summed E-state index contributed by atoms with van der Waals surface area (Å²) in [6.45, 7) is 7.56. The molecule has 0 saturated heterocycles. The van der Waals surface area contributed by atoms with Crippen LogP contribution in [0.5, 0.6) is 11.5 Å². The summed E-state index contributed by atoms with van der Waals surface area (Å²) in [5.41, 5.74) is 1.88. The highest BCUT2D eigenvalue weighted by molar-refractivity contribution is 14.0. The Kier molecular flexibility index (Phi) is 9.25. The molecule has 0 aliphatic carbocycles. The average Bonchev–Trinajstić information content (AvgIpc) is 2.95. The fraction of sp³-hybridized carbons (Fsp3) is 0.444. The van der Waals surface area contributed by atoms with Gasteiger partial charge in [-0.15, -0.1) is 24.0 Å². The molecule has 7 nitrogen and oxygen atoms in total. The second kappa shape index (κ2) is 10.9. The van der Waals surface area contributed by atoms with Crippen LogP contribution in [0.3, 0.4) is 0 Å². The topological polar surface area (TPSA) is 80.9 Å². The number of halogens is 1. The lowest BCUT2D eigenvalue weighted by molar-refractivity contribution is 0.391. The van der Waals surface area contributed by atoms with Gasteiger partial charge in [0.25, 0.3) is 0 Å². The molecule has 1 aromatic carbocycles. The van der Waals surface area contributed by atoms with Crippen LogP contribution in [-0.2, 0) is 13.1 Å². The lowest BCUT2D eigenvalue weighted by Gasteiger charge is -2.12. The van der Waals surface area contributed by atoms with Gasteiger partial charge in [-0.3, -0.25) is 0 Å². The van der Waals surface area contributed by atoms with E-state index in [1.807, 2.05) is 39.0 Å². The van der Waals surface area contributed by atoms with E-state index in [9.17, 15) is 0 Å². The van der Waals surface area contributed by atoms with Gasteiger partial charge in [0.05, 0.1) is 33.0 Å². The van der Waals surface area contributed by atoms with Crippen molar-refractivity contribution >= 4 is 29.9 Å². The molecule has 0 bridgehead atoms. The summed E-state index contributed by atoms with van der Waals surface area (Å²) >= 11 is 0. The Hall–Kier alpha value is -1.97. The molecule has 2 rings (SSSR count). The highest BCUT2D eigenvalue weighted by Gasteiger charge is 2.08. The van der Waals surface area contributed by atoms with Crippen LogP contribution in [0.2, 0.25) is 0 Å². The van der Waals surface area contributed by atoms with Crippen molar-refractivity contribution in [3.8, 4) is 11.5 Å². The summed E-state index contributed by atoms with van der Waals surface area (Å²) < 4.78 is 16.2. The number of rotatable bonds is 7. The van der Waals surface area contributed by atoms with Crippen LogP contribution in [0, 0.1) is 13.8 Å². The molecule has 0 amide bonds. The molecule has 0 spiro atoms. The largest absolute Gasteiger partial charge is 0.497 e. The monoisotopic (exact) mass is 474 g/mol. The van der Waals surface area contributed by atoms with Gasteiger partial charge in [-0.25, -0.2) is 9.98 Å². The number of aliphatic imine (C=N–C) groups is 1. The minimum Gasteiger partial charge on any atom is -0.497 e. The summed E-state index contributed by atoms with van der Waals surface area (Å²) in [6, 6.07) is 5.70. The molecule has 2 N–H and O–H groups in total. The number of aryl methyl sites for hydroxylation is 2. The van der Waals surface area contributed by atoms with E-state index < -0.39 is 0 Å². The van der Waals surface area contributed by atoms with Gasteiger partial charge in [-0.05, 0) is 32.9 Å². The second-order valence-electron chi connectivity index (χ2n) is 5.48. The van der Waals surface area contributed by atoms with Crippen LogP contribution >= 0.6 is 24.0 Å². The van der Waals surface area contributed by atoms with Gasteiger partial charge in [0.15, 0.2) is 5.96 Å².